The van der Waals surface area contributed by atoms with E-state index in [2.05, 4.69) is 146 Å². The van der Waals surface area contributed by atoms with Crippen molar-refractivity contribution >= 4 is 53.4 Å². The lowest BCUT2D eigenvalue weighted by atomic mass is 9.93. The zero-order chi connectivity index (χ0) is 37.0. The summed E-state index contributed by atoms with van der Waals surface area (Å²) in [5.74, 6) is 1.93. The van der Waals surface area contributed by atoms with Gasteiger partial charge in [-0.2, -0.15) is 0 Å². The summed E-state index contributed by atoms with van der Waals surface area (Å²) in [6.45, 7) is 0. The average Bonchev–Trinajstić information content (AvgIpc) is 3.85. The van der Waals surface area contributed by atoms with Crippen molar-refractivity contribution in [2.24, 2.45) is 0 Å². The molecule has 262 valence electrons. The molecule has 0 aliphatic carbocycles. The van der Waals surface area contributed by atoms with E-state index in [-0.39, 0.29) is 0 Å². The maximum absolute atomic E-state index is 6.51. The molecule has 0 aliphatic heterocycles. The molecule has 0 N–H and O–H groups in total. The minimum absolute atomic E-state index is 0.641. The van der Waals surface area contributed by atoms with Crippen molar-refractivity contribution in [2.45, 2.75) is 0 Å². The van der Waals surface area contributed by atoms with Crippen molar-refractivity contribution in [2.75, 3.05) is 0 Å². The van der Waals surface area contributed by atoms with E-state index in [4.69, 9.17) is 19.4 Å². The van der Waals surface area contributed by atoms with E-state index < -0.39 is 0 Å². The Bertz CT molecular complexity index is 3240. The molecule has 11 rings (SSSR count). The Hall–Kier alpha value is -7.21. The van der Waals surface area contributed by atoms with Crippen molar-refractivity contribution in [3.63, 3.8) is 0 Å². The second-order valence-electron chi connectivity index (χ2n) is 14.0. The number of hydrogen-bond donors (Lipinski definition) is 0. The van der Waals surface area contributed by atoms with Gasteiger partial charge in [-0.25, -0.2) is 15.0 Å². The van der Waals surface area contributed by atoms with Crippen LogP contribution in [0, 0.1) is 0 Å². The summed E-state index contributed by atoms with van der Waals surface area (Å²) in [6, 6.07) is 65.7. The van der Waals surface area contributed by atoms with Gasteiger partial charge in [0.2, 0.25) is 0 Å². The van der Waals surface area contributed by atoms with Crippen LogP contribution in [0.1, 0.15) is 0 Å². The van der Waals surface area contributed by atoms with Gasteiger partial charge in [0.25, 0.3) is 0 Å². The van der Waals surface area contributed by atoms with Crippen molar-refractivity contribution in [3.05, 3.63) is 188 Å². The fourth-order valence-electron chi connectivity index (χ4n) is 7.84. The van der Waals surface area contributed by atoms with Gasteiger partial charge in [0, 0.05) is 53.2 Å². The molecule has 0 aliphatic rings. The van der Waals surface area contributed by atoms with Crippen molar-refractivity contribution in [3.8, 4) is 67.5 Å². The van der Waals surface area contributed by atoms with Crippen LogP contribution in [0.3, 0.4) is 0 Å². The Morgan fingerprint density at radius 1 is 0.339 bits per heavy atom. The van der Waals surface area contributed by atoms with E-state index in [1.54, 1.807) is 11.3 Å². The van der Waals surface area contributed by atoms with Crippen LogP contribution in [0.25, 0.3) is 110 Å². The van der Waals surface area contributed by atoms with E-state index in [1.165, 1.54) is 25.7 Å². The zero-order valence-electron chi connectivity index (χ0n) is 30.1. The van der Waals surface area contributed by atoms with E-state index in [0.29, 0.717) is 17.5 Å². The van der Waals surface area contributed by atoms with Crippen LogP contribution < -0.4 is 0 Å². The predicted molar refractivity (Wildman–Crippen MR) is 233 cm³/mol. The van der Waals surface area contributed by atoms with Crippen molar-refractivity contribution in [1.82, 2.24) is 15.0 Å². The fraction of sp³-hybridized carbons (Fsp3) is 0. The Balaban J connectivity index is 1.07. The van der Waals surface area contributed by atoms with Gasteiger partial charge in [-0.05, 0) is 64.2 Å². The monoisotopic (exact) mass is 733 g/mol. The summed E-state index contributed by atoms with van der Waals surface area (Å²) in [4.78, 5) is 15.2. The topological polar surface area (TPSA) is 51.8 Å². The van der Waals surface area contributed by atoms with Crippen molar-refractivity contribution in [1.29, 1.82) is 0 Å². The molecule has 0 bridgehead atoms. The number of rotatable bonds is 6. The zero-order valence-corrected chi connectivity index (χ0v) is 30.9. The first kappa shape index (κ1) is 32.2. The molecule has 5 heteroatoms. The van der Waals surface area contributed by atoms with Crippen LogP contribution >= 0.6 is 11.3 Å². The third kappa shape index (κ3) is 5.56. The van der Waals surface area contributed by atoms with Crippen LogP contribution in [0.15, 0.2) is 192 Å². The first-order valence-electron chi connectivity index (χ1n) is 18.7. The second kappa shape index (κ2) is 13.3. The summed E-state index contributed by atoms with van der Waals surface area (Å²) < 4.78 is 8.92. The lowest BCUT2D eigenvalue weighted by Crippen LogP contribution is -2.00. The van der Waals surface area contributed by atoms with E-state index in [0.717, 1.165) is 66.4 Å². The molecular formula is C51H31N3OS. The summed E-state index contributed by atoms with van der Waals surface area (Å²) >= 11 is 1.80. The molecule has 56 heavy (non-hydrogen) atoms. The molecule has 3 heterocycles. The fourth-order valence-corrected chi connectivity index (χ4v) is 9.01. The third-order valence-electron chi connectivity index (χ3n) is 10.5. The molecule has 4 nitrogen and oxygen atoms in total. The number of benzene rings is 8. The van der Waals surface area contributed by atoms with Gasteiger partial charge < -0.3 is 4.42 Å². The van der Waals surface area contributed by atoms with Gasteiger partial charge in [0.05, 0.1) is 0 Å². The molecule has 0 saturated carbocycles. The molecule has 11 aromatic rings. The average molecular weight is 734 g/mol. The first-order chi connectivity index (χ1) is 27.7. The van der Waals surface area contributed by atoms with Crippen LogP contribution in [0.5, 0.6) is 0 Å². The quantitative estimate of drug-likeness (QED) is 0.171. The Kier molecular flexibility index (Phi) is 7.64. The minimum Gasteiger partial charge on any atom is -0.455 e. The standard InChI is InChI=1S/C51H31N3OS/c1-4-14-32(15-5-1)35-20-12-21-36(28-35)50-52-49(34-18-8-3-9-19-34)53-51(54-50)37-26-27-41-46(31-37)56-45-25-13-23-39(47(41)45)38-29-42(33-16-6-2-7-17-33)48-43(30-38)40-22-10-11-24-44(40)55-48/h1-31H. The van der Waals surface area contributed by atoms with E-state index in [1.807, 2.05) is 42.5 Å². The molecule has 8 aromatic carbocycles. The molecule has 0 unspecified atom stereocenters. The van der Waals surface area contributed by atoms with Gasteiger partial charge in [-0.3, -0.25) is 0 Å². The van der Waals surface area contributed by atoms with E-state index >= 15 is 0 Å². The highest BCUT2D eigenvalue weighted by Crippen LogP contribution is 2.45. The Labute approximate surface area is 327 Å². The highest BCUT2D eigenvalue weighted by molar-refractivity contribution is 7.26. The van der Waals surface area contributed by atoms with Crippen molar-refractivity contribution < 1.29 is 4.42 Å². The van der Waals surface area contributed by atoms with Gasteiger partial charge in [0.1, 0.15) is 11.2 Å². The minimum atomic E-state index is 0.641. The summed E-state index contributed by atoms with van der Waals surface area (Å²) in [5, 5.41) is 4.68. The Morgan fingerprint density at radius 2 is 0.946 bits per heavy atom. The SMILES string of the molecule is c1ccc(-c2cccc(-c3nc(-c4ccccc4)nc(-c4ccc5c(c4)sc4cccc(-c6cc(-c7ccccc7)c7oc8ccccc8c7c6)c45)n3)c2)cc1. The number of hydrogen-bond acceptors (Lipinski definition) is 5. The van der Waals surface area contributed by atoms with Crippen LogP contribution in [-0.2, 0) is 0 Å². The Morgan fingerprint density at radius 3 is 1.71 bits per heavy atom. The van der Waals surface area contributed by atoms with Gasteiger partial charge >= 0.3 is 0 Å². The number of nitrogens with zero attached hydrogens (tertiary/aromatic N) is 3. The molecular weight excluding hydrogens is 703 g/mol. The van der Waals surface area contributed by atoms with E-state index in [9.17, 15) is 0 Å². The molecule has 0 atom stereocenters. The molecule has 0 fully saturated rings. The molecule has 0 radical (unpaired) electrons. The predicted octanol–water partition coefficient (Wildman–Crippen LogP) is 14.1. The normalized spacial score (nSPS) is 11.6. The summed E-state index contributed by atoms with van der Waals surface area (Å²) in [5.41, 5.74) is 11.5. The summed E-state index contributed by atoms with van der Waals surface area (Å²) in [7, 11) is 0. The van der Waals surface area contributed by atoms with Gasteiger partial charge in [0.15, 0.2) is 17.5 Å². The van der Waals surface area contributed by atoms with Crippen LogP contribution in [-0.4, -0.2) is 15.0 Å². The number of fused-ring (bicyclic) bond motifs is 6. The second-order valence-corrected chi connectivity index (χ2v) is 15.1. The highest BCUT2D eigenvalue weighted by atomic mass is 32.1. The first-order valence-corrected chi connectivity index (χ1v) is 19.5. The number of aromatic nitrogens is 3. The summed E-state index contributed by atoms with van der Waals surface area (Å²) in [6.07, 6.45) is 0. The number of furan rings is 1. The number of para-hydroxylation sites is 1. The molecule has 0 saturated heterocycles. The lowest BCUT2D eigenvalue weighted by Gasteiger charge is -2.10. The molecule has 0 spiro atoms. The van der Waals surface area contributed by atoms with Gasteiger partial charge in [-0.1, -0.05) is 152 Å². The molecule has 3 aromatic heterocycles. The van der Waals surface area contributed by atoms with Crippen LogP contribution in [0.4, 0.5) is 0 Å². The smallest absolute Gasteiger partial charge is 0.164 e. The largest absolute Gasteiger partial charge is 0.455 e. The maximum Gasteiger partial charge on any atom is 0.164 e. The van der Waals surface area contributed by atoms with Crippen LogP contribution in [0.2, 0.25) is 0 Å². The third-order valence-corrected chi connectivity index (χ3v) is 11.6. The maximum atomic E-state index is 6.51. The molecule has 0 amide bonds. The number of thiophene rings is 1. The van der Waals surface area contributed by atoms with Gasteiger partial charge in [-0.15, -0.1) is 11.3 Å². The highest BCUT2D eigenvalue weighted by Gasteiger charge is 2.19. The lowest BCUT2D eigenvalue weighted by molar-refractivity contribution is 0.670.